The zero-order valence-corrected chi connectivity index (χ0v) is 10.5. The van der Waals surface area contributed by atoms with E-state index in [1.807, 2.05) is 6.07 Å². The van der Waals surface area contributed by atoms with Crippen molar-refractivity contribution in [2.45, 2.75) is 6.92 Å². The SMILES string of the molecule is Cc1cc(NC(=O)c2ccccc2)sc1C(=O)O. The number of carboxylic acid groups (broad SMARTS) is 1. The number of carbonyl (C=O) groups is 2. The van der Waals surface area contributed by atoms with Crippen molar-refractivity contribution in [3.8, 4) is 0 Å². The number of benzene rings is 1. The fourth-order valence-electron chi connectivity index (χ4n) is 1.53. The number of amides is 1. The Bertz CT molecular complexity index is 590. The number of hydrogen-bond acceptors (Lipinski definition) is 3. The Morgan fingerprint density at radius 3 is 2.44 bits per heavy atom. The predicted molar refractivity (Wildman–Crippen MR) is 70.4 cm³/mol. The normalized spacial score (nSPS) is 10.1. The maximum Gasteiger partial charge on any atom is 0.346 e. The first kappa shape index (κ1) is 12.3. The van der Waals surface area contributed by atoms with Gasteiger partial charge in [0.15, 0.2) is 0 Å². The van der Waals surface area contributed by atoms with Gasteiger partial charge in [-0.3, -0.25) is 4.79 Å². The molecule has 0 aliphatic heterocycles. The predicted octanol–water partition coefficient (Wildman–Crippen LogP) is 3.01. The van der Waals surface area contributed by atoms with Gasteiger partial charge in [-0.1, -0.05) is 18.2 Å². The summed E-state index contributed by atoms with van der Waals surface area (Å²) in [5.41, 5.74) is 1.19. The highest BCUT2D eigenvalue weighted by Gasteiger charge is 2.14. The molecular formula is C13H11NO3S. The van der Waals surface area contributed by atoms with Crippen LogP contribution in [0.1, 0.15) is 25.6 Å². The molecule has 5 heteroatoms. The van der Waals surface area contributed by atoms with Crippen LogP contribution in [-0.4, -0.2) is 17.0 Å². The van der Waals surface area contributed by atoms with Gasteiger partial charge in [-0.05, 0) is 30.7 Å². The summed E-state index contributed by atoms with van der Waals surface area (Å²) < 4.78 is 0. The summed E-state index contributed by atoms with van der Waals surface area (Å²) in [4.78, 5) is 23.0. The maximum absolute atomic E-state index is 11.9. The standard InChI is InChI=1S/C13H11NO3S/c1-8-7-10(18-11(8)13(16)17)14-12(15)9-5-3-2-4-6-9/h2-7H,1H3,(H,14,15)(H,16,17). The summed E-state index contributed by atoms with van der Waals surface area (Å²) in [6.45, 7) is 1.71. The van der Waals surface area contributed by atoms with Crippen LogP contribution < -0.4 is 5.32 Å². The van der Waals surface area contributed by atoms with Crippen LogP contribution in [0.25, 0.3) is 0 Å². The van der Waals surface area contributed by atoms with E-state index in [-0.39, 0.29) is 10.8 Å². The van der Waals surface area contributed by atoms with Crippen LogP contribution in [0.3, 0.4) is 0 Å². The van der Waals surface area contributed by atoms with Gasteiger partial charge in [0.1, 0.15) is 4.88 Å². The number of nitrogens with one attached hydrogen (secondary N) is 1. The highest BCUT2D eigenvalue weighted by molar-refractivity contribution is 7.18. The lowest BCUT2D eigenvalue weighted by Gasteiger charge is -2.01. The maximum atomic E-state index is 11.9. The minimum atomic E-state index is -0.974. The van der Waals surface area contributed by atoms with Gasteiger partial charge in [0.2, 0.25) is 0 Å². The molecule has 1 heterocycles. The summed E-state index contributed by atoms with van der Waals surface area (Å²) >= 11 is 1.06. The molecule has 0 radical (unpaired) electrons. The van der Waals surface area contributed by atoms with Gasteiger partial charge in [-0.25, -0.2) is 4.79 Å². The van der Waals surface area contributed by atoms with E-state index in [0.717, 1.165) is 11.3 Å². The molecule has 4 nitrogen and oxygen atoms in total. The number of aryl methyl sites for hydroxylation is 1. The largest absolute Gasteiger partial charge is 0.477 e. The molecule has 1 aromatic carbocycles. The summed E-state index contributed by atoms with van der Waals surface area (Å²) in [5.74, 6) is -1.22. The second-order valence-electron chi connectivity index (χ2n) is 3.75. The third-order valence-corrected chi connectivity index (χ3v) is 3.53. The van der Waals surface area contributed by atoms with Crippen LogP contribution in [0.2, 0.25) is 0 Å². The van der Waals surface area contributed by atoms with Crippen molar-refractivity contribution in [1.29, 1.82) is 0 Å². The molecule has 0 atom stereocenters. The second-order valence-corrected chi connectivity index (χ2v) is 4.80. The van der Waals surface area contributed by atoms with E-state index < -0.39 is 5.97 Å². The third kappa shape index (κ3) is 2.57. The first-order chi connectivity index (χ1) is 8.58. The molecule has 0 aliphatic carbocycles. The molecule has 0 saturated heterocycles. The first-order valence-corrected chi connectivity index (χ1v) is 6.09. The van der Waals surface area contributed by atoms with Crippen LogP contribution in [0.4, 0.5) is 5.00 Å². The van der Waals surface area contributed by atoms with Crippen LogP contribution in [0.5, 0.6) is 0 Å². The molecule has 2 aromatic rings. The van der Waals surface area contributed by atoms with Crippen molar-refractivity contribution in [2.75, 3.05) is 5.32 Å². The highest BCUT2D eigenvalue weighted by atomic mass is 32.1. The lowest BCUT2D eigenvalue weighted by atomic mass is 10.2. The Labute approximate surface area is 108 Å². The van der Waals surface area contributed by atoms with Crippen LogP contribution in [-0.2, 0) is 0 Å². The van der Waals surface area contributed by atoms with Crippen LogP contribution >= 0.6 is 11.3 Å². The van der Waals surface area contributed by atoms with E-state index in [9.17, 15) is 9.59 Å². The topological polar surface area (TPSA) is 66.4 Å². The number of rotatable bonds is 3. The molecule has 1 amide bonds. The van der Waals surface area contributed by atoms with Crippen molar-refractivity contribution >= 4 is 28.2 Å². The molecule has 0 saturated carbocycles. The van der Waals surface area contributed by atoms with Gasteiger partial charge in [-0.15, -0.1) is 11.3 Å². The molecule has 0 bridgehead atoms. The number of hydrogen-bond donors (Lipinski definition) is 2. The number of thiophene rings is 1. The smallest absolute Gasteiger partial charge is 0.346 e. The second kappa shape index (κ2) is 5.01. The van der Waals surface area contributed by atoms with E-state index in [1.54, 1.807) is 37.3 Å². The third-order valence-electron chi connectivity index (χ3n) is 2.38. The lowest BCUT2D eigenvalue weighted by Crippen LogP contribution is -2.10. The summed E-state index contributed by atoms with van der Waals surface area (Å²) in [5, 5.41) is 12.2. The van der Waals surface area contributed by atoms with E-state index in [4.69, 9.17) is 5.11 Å². The fourth-order valence-corrected chi connectivity index (χ4v) is 2.44. The van der Waals surface area contributed by atoms with Crippen LogP contribution in [0.15, 0.2) is 36.4 Å². The van der Waals surface area contributed by atoms with Gasteiger partial charge in [0, 0.05) is 5.56 Å². The molecule has 2 rings (SSSR count). The molecule has 0 aliphatic rings. The molecule has 0 unspecified atom stereocenters. The van der Waals surface area contributed by atoms with Crippen molar-refractivity contribution < 1.29 is 14.7 Å². The number of carbonyl (C=O) groups excluding carboxylic acids is 1. The molecular weight excluding hydrogens is 250 g/mol. The van der Waals surface area contributed by atoms with Gasteiger partial charge in [-0.2, -0.15) is 0 Å². The van der Waals surface area contributed by atoms with Crippen molar-refractivity contribution in [3.05, 3.63) is 52.4 Å². The molecule has 1 aromatic heterocycles. The monoisotopic (exact) mass is 261 g/mol. The van der Waals surface area contributed by atoms with E-state index in [1.165, 1.54) is 0 Å². The summed E-state index contributed by atoms with van der Waals surface area (Å²) in [6, 6.07) is 10.4. The van der Waals surface area contributed by atoms with Crippen molar-refractivity contribution in [3.63, 3.8) is 0 Å². The van der Waals surface area contributed by atoms with E-state index >= 15 is 0 Å². The average Bonchev–Trinajstić information content (AvgIpc) is 2.71. The zero-order valence-electron chi connectivity index (χ0n) is 9.64. The Morgan fingerprint density at radius 1 is 1.22 bits per heavy atom. The number of aromatic carboxylic acids is 1. The Kier molecular flexibility index (Phi) is 3.43. The molecule has 0 fully saturated rings. The van der Waals surface area contributed by atoms with Crippen LogP contribution in [0, 0.1) is 6.92 Å². The zero-order chi connectivity index (χ0) is 13.1. The minimum Gasteiger partial charge on any atom is -0.477 e. The highest BCUT2D eigenvalue weighted by Crippen LogP contribution is 2.26. The molecule has 18 heavy (non-hydrogen) atoms. The van der Waals surface area contributed by atoms with Crippen molar-refractivity contribution in [1.82, 2.24) is 0 Å². The fraction of sp³-hybridized carbons (Fsp3) is 0.0769. The van der Waals surface area contributed by atoms with Gasteiger partial charge < -0.3 is 10.4 Å². The molecule has 0 spiro atoms. The van der Waals surface area contributed by atoms with E-state index in [2.05, 4.69) is 5.32 Å². The number of anilines is 1. The Hall–Kier alpha value is -2.14. The Balaban J connectivity index is 2.18. The number of carboxylic acids is 1. The van der Waals surface area contributed by atoms with Crippen molar-refractivity contribution in [2.24, 2.45) is 0 Å². The minimum absolute atomic E-state index is 0.242. The summed E-state index contributed by atoms with van der Waals surface area (Å²) in [6.07, 6.45) is 0. The summed E-state index contributed by atoms with van der Waals surface area (Å²) in [7, 11) is 0. The Morgan fingerprint density at radius 2 is 1.89 bits per heavy atom. The average molecular weight is 261 g/mol. The molecule has 92 valence electrons. The van der Waals surface area contributed by atoms with Gasteiger partial charge >= 0.3 is 5.97 Å². The first-order valence-electron chi connectivity index (χ1n) is 5.28. The molecule has 2 N–H and O–H groups in total. The quantitative estimate of drug-likeness (QED) is 0.892. The van der Waals surface area contributed by atoms with Gasteiger partial charge in [0.25, 0.3) is 5.91 Å². The van der Waals surface area contributed by atoms with Gasteiger partial charge in [0.05, 0.1) is 5.00 Å². The lowest BCUT2D eigenvalue weighted by molar-refractivity contribution is 0.0701. The van der Waals surface area contributed by atoms with E-state index in [0.29, 0.717) is 16.1 Å².